The van der Waals surface area contributed by atoms with Crippen molar-refractivity contribution in [3.8, 4) is 0 Å². The van der Waals surface area contributed by atoms with Crippen LogP contribution in [0.3, 0.4) is 0 Å². The van der Waals surface area contributed by atoms with Crippen LogP contribution in [-0.4, -0.2) is 36.2 Å². The number of piperazine rings is 1. The van der Waals surface area contributed by atoms with E-state index in [9.17, 15) is 9.18 Å². The van der Waals surface area contributed by atoms with Gasteiger partial charge in [-0.3, -0.25) is 0 Å². The summed E-state index contributed by atoms with van der Waals surface area (Å²) in [7, 11) is 0. The lowest BCUT2D eigenvalue weighted by Crippen LogP contribution is -2.46. The summed E-state index contributed by atoms with van der Waals surface area (Å²) in [6.45, 7) is 3.85. The van der Waals surface area contributed by atoms with Crippen molar-refractivity contribution in [1.29, 1.82) is 0 Å². The molecule has 0 spiro atoms. The molecule has 2 aliphatic heterocycles. The van der Waals surface area contributed by atoms with Crippen molar-refractivity contribution in [2.24, 2.45) is 0 Å². The summed E-state index contributed by atoms with van der Waals surface area (Å²) in [5, 5.41) is 8.95. The molecular weight excluding hydrogens is 307 g/mol. The highest BCUT2D eigenvalue weighted by Crippen LogP contribution is 2.37. The Morgan fingerprint density at radius 2 is 1.75 bits per heavy atom. The van der Waals surface area contributed by atoms with Crippen molar-refractivity contribution in [2.45, 2.75) is 25.4 Å². The van der Waals surface area contributed by atoms with Crippen molar-refractivity contribution < 1.29 is 14.3 Å². The third kappa shape index (κ3) is 2.40. The van der Waals surface area contributed by atoms with Crippen molar-refractivity contribution in [3.05, 3.63) is 59.4 Å². The van der Waals surface area contributed by atoms with E-state index in [2.05, 4.69) is 41.0 Å². The Kier molecular flexibility index (Phi) is 3.44. The number of carboxylic acids is 1. The molecule has 2 heterocycles. The lowest BCUT2D eigenvalue weighted by atomic mass is 10.1. The van der Waals surface area contributed by atoms with E-state index in [1.807, 2.05) is 0 Å². The first-order valence-electron chi connectivity index (χ1n) is 8.16. The molecule has 2 aliphatic rings. The second-order valence-electron chi connectivity index (χ2n) is 6.66. The number of aromatic carboxylic acids is 1. The summed E-state index contributed by atoms with van der Waals surface area (Å²) >= 11 is 0. The highest BCUT2D eigenvalue weighted by molar-refractivity contribution is 5.88. The topological polar surface area (TPSA) is 43.8 Å². The van der Waals surface area contributed by atoms with Crippen LogP contribution in [0.4, 0.5) is 15.8 Å². The zero-order valence-corrected chi connectivity index (χ0v) is 13.4. The van der Waals surface area contributed by atoms with E-state index in [1.165, 1.54) is 23.4 Å². The monoisotopic (exact) mass is 326 g/mol. The molecule has 2 bridgehead atoms. The Morgan fingerprint density at radius 1 is 1.08 bits per heavy atom. The van der Waals surface area contributed by atoms with Gasteiger partial charge in [0, 0.05) is 36.5 Å². The predicted molar refractivity (Wildman–Crippen MR) is 91.4 cm³/mol. The summed E-state index contributed by atoms with van der Waals surface area (Å²) in [6.07, 6.45) is 1.05. The fourth-order valence-electron chi connectivity index (χ4n) is 3.96. The van der Waals surface area contributed by atoms with Crippen LogP contribution in [0.5, 0.6) is 0 Å². The second-order valence-corrected chi connectivity index (χ2v) is 6.66. The molecule has 124 valence electrons. The largest absolute Gasteiger partial charge is 0.478 e. The van der Waals surface area contributed by atoms with Gasteiger partial charge in [-0.05, 0) is 49.2 Å². The molecule has 0 radical (unpaired) electrons. The average Bonchev–Trinajstić information content (AvgIpc) is 3.14. The quantitative estimate of drug-likeness (QED) is 0.940. The smallest absolute Gasteiger partial charge is 0.338 e. The van der Waals surface area contributed by atoms with Gasteiger partial charge in [0.05, 0.1) is 5.56 Å². The molecule has 4 nitrogen and oxygen atoms in total. The minimum absolute atomic E-state index is 0.274. The summed E-state index contributed by atoms with van der Waals surface area (Å²) in [5.41, 5.74) is 2.99. The van der Waals surface area contributed by atoms with Gasteiger partial charge in [0.25, 0.3) is 0 Å². The van der Waals surface area contributed by atoms with Crippen LogP contribution in [0.1, 0.15) is 22.3 Å². The van der Waals surface area contributed by atoms with Crippen LogP contribution >= 0.6 is 0 Å². The van der Waals surface area contributed by atoms with Crippen LogP contribution in [0.25, 0.3) is 0 Å². The zero-order valence-electron chi connectivity index (χ0n) is 13.4. The maximum Gasteiger partial charge on any atom is 0.338 e. The van der Waals surface area contributed by atoms with Gasteiger partial charge in [0.2, 0.25) is 0 Å². The highest BCUT2D eigenvalue weighted by atomic mass is 19.1. The van der Waals surface area contributed by atoms with Crippen LogP contribution in [0.2, 0.25) is 0 Å². The molecule has 2 aromatic carbocycles. The first-order chi connectivity index (χ1) is 11.5. The molecule has 1 N–H and O–H groups in total. The lowest BCUT2D eigenvalue weighted by molar-refractivity contribution is 0.0692. The van der Waals surface area contributed by atoms with Gasteiger partial charge in [-0.15, -0.1) is 0 Å². The summed E-state index contributed by atoms with van der Waals surface area (Å²) in [5.74, 6) is -1.90. The Labute approximate surface area is 140 Å². The Morgan fingerprint density at radius 3 is 2.29 bits per heavy atom. The number of carboxylic acid groups (broad SMARTS) is 1. The van der Waals surface area contributed by atoms with E-state index in [-0.39, 0.29) is 5.56 Å². The van der Waals surface area contributed by atoms with Gasteiger partial charge >= 0.3 is 5.97 Å². The van der Waals surface area contributed by atoms with Crippen LogP contribution in [-0.2, 0) is 0 Å². The molecule has 0 aliphatic carbocycles. The molecule has 0 unspecified atom stereocenters. The van der Waals surface area contributed by atoms with Crippen molar-refractivity contribution >= 4 is 17.3 Å². The van der Waals surface area contributed by atoms with Gasteiger partial charge < -0.3 is 14.9 Å². The summed E-state index contributed by atoms with van der Waals surface area (Å²) in [4.78, 5) is 15.6. The zero-order chi connectivity index (χ0) is 16.8. The summed E-state index contributed by atoms with van der Waals surface area (Å²) in [6, 6.07) is 13.7. The molecule has 4 rings (SSSR count). The first-order valence-corrected chi connectivity index (χ1v) is 8.16. The van der Waals surface area contributed by atoms with Crippen LogP contribution < -0.4 is 9.80 Å². The number of carbonyl (C=O) groups is 1. The van der Waals surface area contributed by atoms with Crippen LogP contribution in [0.15, 0.2) is 42.5 Å². The lowest BCUT2D eigenvalue weighted by Gasteiger charge is -2.37. The molecule has 0 saturated carbocycles. The van der Waals surface area contributed by atoms with Gasteiger partial charge in [0.15, 0.2) is 0 Å². The van der Waals surface area contributed by atoms with E-state index in [1.54, 1.807) is 6.07 Å². The molecule has 2 atom stereocenters. The minimum atomic E-state index is -1.23. The number of hydrogen-bond acceptors (Lipinski definition) is 3. The van der Waals surface area contributed by atoms with Gasteiger partial charge in [-0.1, -0.05) is 12.1 Å². The molecule has 0 aromatic heterocycles. The fraction of sp³-hybridized carbons (Fsp3) is 0.316. The molecule has 24 heavy (non-hydrogen) atoms. The Bertz CT molecular complexity index is 808. The number of nitrogens with zero attached hydrogens (tertiary/aromatic N) is 2. The fourth-order valence-corrected chi connectivity index (χ4v) is 3.96. The van der Waals surface area contributed by atoms with E-state index < -0.39 is 11.8 Å². The third-order valence-electron chi connectivity index (χ3n) is 5.09. The maximum atomic E-state index is 14.0. The van der Waals surface area contributed by atoms with E-state index in [0.29, 0.717) is 12.1 Å². The molecular formula is C19H19FN2O2. The molecule has 2 aromatic rings. The first kappa shape index (κ1) is 15.0. The van der Waals surface area contributed by atoms with E-state index in [4.69, 9.17) is 5.11 Å². The number of rotatable bonds is 3. The number of anilines is 2. The number of hydrogen-bond donors (Lipinski definition) is 1. The predicted octanol–water partition coefficient (Wildman–Crippen LogP) is 3.30. The highest BCUT2D eigenvalue weighted by Gasteiger charge is 2.43. The standard InChI is InChI=1S/C19H19FN2O2/c1-12-3-2-4-13(7-12)21-10-16-8-15(21)11-22(16)14-5-6-17(19(23)24)18(20)9-14/h2-7,9,15-16H,8,10-11H2,1H3,(H,23,24)/t15-,16-/m0/s1. The van der Waals surface area contributed by atoms with Gasteiger partial charge in [0.1, 0.15) is 5.82 Å². The SMILES string of the molecule is Cc1cccc(N2C[C@@H]3C[C@H]2CN3c2ccc(C(=O)O)c(F)c2)c1. The molecule has 5 heteroatoms. The van der Waals surface area contributed by atoms with Gasteiger partial charge in [-0.2, -0.15) is 0 Å². The summed E-state index contributed by atoms with van der Waals surface area (Å²) < 4.78 is 14.0. The van der Waals surface area contributed by atoms with E-state index in [0.717, 1.165) is 25.2 Å². The normalized spacial score (nSPS) is 22.2. The van der Waals surface area contributed by atoms with Gasteiger partial charge in [-0.25, -0.2) is 9.18 Å². The maximum absolute atomic E-state index is 14.0. The van der Waals surface area contributed by atoms with E-state index >= 15 is 0 Å². The van der Waals surface area contributed by atoms with Crippen molar-refractivity contribution in [3.63, 3.8) is 0 Å². The van der Waals surface area contributed by atoms with Crippen molar-refractivity contribution in [1.82, 2.24) is 0 Å². The minimum Gasteiger partial charge on any atom is -0.478 e. The third-order valence-corrected chi connectivity index (χ3v) is 5.09. The molecule has 0 amide bonds. The number of fused-ring (bicyclic) bond motifs is 2. The Balaban J connectivity index is 1.54. The number of halogens is 1. The van der Waals surface area contributed by atoms with Crippen molar-refractivity contribution in [2.75, 3.05) is 22.9 Å². The average molecular weight is 326 g/mol. The Hall–Kier alpha value is -2.56. The molecule has 2 fully saturated rings. The number of aryl methyl sites for hydroxylation is 1. The molecule has 2 saturated heterocycles. The van der Waals surface area contributed by atoms with Crippen LogP contribution in [0, 0.1) is 12.7 Å². The second kappa shape index (κ2) is 5.51. The number of benzene rings is 2.